The van der Waals surface area contributed by atoms with Crippen molar-refractivity contribution in [2.75, 3.05) is 31.1 Å². The van der Waals surface area contributed by atoms with Crippen molar-refractivity contribution >= 4 is 28.7 Å². The van der Waals surface area contributed by atoms with Gasteiger partial charge in [-0.25, -0.2) is 4.39 Å². The summed E-state index contributed by atoms with van der Waals surface area (Å²) in [6.07, 6.45) is 1.17. The molecule has 4 nitrogen and oxygen atoms in total. The molecule has 5 heteroatoms. The van der Waals surface area contributed by atoms with Gasteiger partial charge >= 0.3 is 0 Å². The van der Waals surface area contributed by atoms with E-state index in [-0.39, 0.29) is 11.7 Å². The zero-order valence-corrected chi connectivity index (χ0v) is 15.5. The van der Waals surface area contributed by atoms with Crippen LogP contribution in [0.4, 0.5) is 10.1 Å². The van der Waals surface area contributed by atoms with E-state index in [2.05, 4.69) is 4.90 Å². The van der Waals surface area contributed by atoms with Crippen molar-refractivity contribution in [1.82, 2.24) is 4.90 Å². The minimum absolute atomic E-state index is 0.0859. The number of fused-ring (bicyclic) bond motifs is 1. The van der Waals surface area contributed by atoms with Gasteiger partial charge in [-0.05, 0) is 40.6 Å². The maximum Gasteiger partial charge on any atom is 0.227 e. The molecular weight excluding hydrogens is 355 g/mol. The Morgan fingerprint density at radius 3 is 2.25 bits per heavy atom. The number of hydrogen-bond donors (Lipinski definition) is 0. The van der Waals surface area contributed by atoms with Crippen molar-refractivity contribution < 1.29 is 14.0 Å². The third-order valence-electron chi connectivity index (χ3n) is 5.34. The van der Waals surface area contributed by atoms with Gasteiger partial charge in [0.15, 0.2) is 6.29 Å². The Morgan fingerprint density at radius 1 is 0.893 bits per heavy atom. The van der Waals surface area contributed by atoms with Crippen LogP contribution in [0.3, 0.4) is 0 Å². The Morgan fingerprint density at radius 2 is 1.57 bits per heavy atom. The first kappa shape index (κ1) is 18.2. The van der Waals surface area contributed by atoms with Gasteiger partial charge in [-0.2, -0.15) is 0 Å². The standard InChI is InChI=1S/C23H21FN2O2/c24-19-7-9-20(10-8-19)25-11-13-26(14-12-25)23(28)15-17-5-6-18(16-27)22-4-2-1-3-21(17)22/h1-10,16H,11-15H2. The average molecular weight is 376 g/mol. The Bertz CT molecular complexity index is 1010. The van der Waals surface area contributed by atoms with E-state index in [1.165, 1.54) is 12.1 Å². The van der Waals surface area contributed by atoms with Crippen molar-refractivity contribution in [3.05, 3.63) is 77.6 Å². The molecule has 1 saturated heterocycles. The molecule has 0 N–H and O–H groups in total. The number of amides is 1. The Balaban J connectivity index is 1.45. The van der Waals surface area contributed by atoms with E-state index < -0.39 is 0 Å². The summed E-state index contributed by atoms with van der Waals surface area (Å²) >= 11 is 0. The molecule has 0 radical (unpaired) electrons. The summed E-state index contributed by atoms with van der Waals surface area (Å²) < 4.78 is 13.1. The monoisotopic (exact) mass is 376 g/mol. The average Bonchev–Trinajstić information content (AvgIpc) is 2.74. The number of benzene rings is 3. The van der Waals surface area contributed by atoms with Crippen LogP contribution in [0.15, 0.2) is 60.7 Å². The molecule has 1 fully saturated rings. The van der Waals surface area contributed by atoms with Crippen molar-refractivity contribution in [3.8, 4) is 0 Å². The minimum Gasteiger partial charge on any atom is -0.368 e. The number of piperazine rings is 1. The topological polar surface area (TPSA) is 40.6 Å². The predicted molar refractivity (Wildman–Crippen MR) is 108 cm³/mol. The van der Waals surface area contributed by atoms with Crippen molar-refractivity contribution in [2.24, 2.45) is 0 Å². The number of hydrogen-bond acceptors (Lipinski definition) is 3. The molecule has 0 unspecified atom stereocenters. The normalized spacial score (nSPS) is 14.3. The molecule has 142 valence electrons. The summed E-state index contributed by atoms with van der Waals surface area (Å²) in [5.74, 6) is -0.159. The van der Waals surface area contributed by atoms with Crippen LogP contribution in [0.25, 0.3) is 10.8 Å². The molecule has 1 aliphatic rings. The van der Waals surface area contributed by atoms with E-state index in [1.54, 1.807) is 18.2 Å². The summed E-state index contributed by atoms with van der Waals surface area (Å²) in [6, 6.07) is 17.8. The highest BCUT2D eigenvalue weighted by Gasteiger charge is 2.22. The Hall–Kier alpha value is -3.21. The fourth-order valence-corrected chi connectivity index (χ4v) is 3.78. The summed E-state index contributed by atoms with van der Waals surface area (Å²) in [5.41, 5.74) is 2.55. The number of carbonyl (C=O) groups excluding carboxylic acids is 2. The van der Waals surface area contributed by atoms with E-state index in [0.717, 1.165) is 41.4 Å². The smallest absolute Gasteiger partial charge is 0.227 e. The third-order valence-corrected chi connectivity index (χ3v) is 5.34. The second-order valence-electron chi connectivity index (χ2n) is 7.00. The zero-order valence-electron chi connectivity index (χ0n) is 15.5. The van der Waals surface area contributed by atoms with Gasteiger partial charge in [-0.1, -0.05) is 36.4 Å². The maximum atomic E-state index is 13.1. The van der Waals surface area contributed by atoms with Crippen molar-refractivity contribution in [2.45, 2.75) is 6.42 Å². The molecule has 28 heavy (non-hydrogen) atoms. The molecule has 0 atom stereocenters. The molecule has 0 spiro atoms. The number of carbonyl (C=O) groups is 2. The first-order chi connectivity index (χ1) is 13.7. The van der Waals surface area contributed by atoms with Crippen molar-refractivity contribution in [1.29, 1.82) is 0 Å². The third kappa shape index (κ3) is 3.60. The predicted octanol–water partition coefficient (Wildman–Crippen LogP) is 3.68. The second kappa shape index (κ2) is 7.80. The number of rotatable bonds is 4. The fraction of sp³-hybridized carbons (Fsp3) is 0.217. The number of halogens is 1. The van der Waals surface area contributed by atoms with Crippen LogP contribution in [0.5, 0.6) is 0 Å². The van der Waals surface area contributed by atoms with Crippen LogP contribution in [-0.4, -0.2) is 43.3 Å². The summed E-state index contributed by atoms with van der Waals surface area (Å²) in [5, 5.41) is 1.83. The Kier molecular flexibility index (Phi) is 5.06. The lowest BCUT2D eigenvalue weighted by molar-refractivity contribution is -0.130. The van der Waals surface area contributed by atoms with Crippen molar-refractivity contribution in [3.63, 3.8) is 0 Å². The molecule has 0 bridgehead atoms. The first-order valence-corrected chi connectivity index (χ1v) is 9.40. The van der Waals surface area contributed by atoms with E-state index in [9.17, 15) is 14.0 Å². The number of aldehydes is 1. The van der Waals surface area contributed by atoms with Crippen LogP contribution in [0.2, 0.25) is 0 Å². The van der Waals surface area contributed by atoms with Gasteiger partial charge in [0.25, 0.3) is 0 Å². The number of anilines is 1. The molecule has 3 aromatic rings. The highest BCUT2D eigenvalue weighted by Crippen LogP contribution is 2.23. The fourth-order valence-electron chi connectivity index (χ4n) is 3.78. The lowest BCUT2D eigenvalue weighted by Gasteiger charge is -2.36. The molecule has 1 amide bonds. The van der Waals surface area contributed by atoms with E-state index in [4.69, 9.17) is 0 Å². The molecule has 4 rings (SSSR count). The highest BCUT2D eigenvalue weighted by molar-refractivity contribution is 6.00. The van der Waals surface area contributed by atoms with Crippen LogP contribution in [-0.2, 0) is 11.2 Å². The van der Waals surface area contributed by atoms with E-state index in [0.29, 0.717) is 25.1 Å². The van der Waals surface area contributed by atoms with Gasteiger partial charge < -0.3 is 9.80 Å². The SMILES string of the molecule is O=Cc1ccc(CC(=O)N2CCN(c3ccc(F)cc3)CC2)c2ccccc12. The van der Waals surface area contributed by atoms with Gasteiger partial charge in [-0.3, -0.25) is 9.59 Å². The van der Waals surface area contributed by atoms with Gasteiger partial charge in [0.1, 0.15) is 5.82 Å². The maximum absolute atomic E-state index is 13.1. The largest absolute Gasteiger partial charge is 0.368 e. The van der Waals surface area contributed by atoms with Gasteiger partial charge in [0.05, 0.1) is 6.42 Å². The molecule has 0 aliphatic carbocycles. The molecule has 1 heterocycles. The summed E-state index contributed by atoms with van der Waals surface area (Å²) in [4.78, 5) is 28.2. The molecule has 1 aliphatic heterocycles. The quantitative estimate of drug-likeness (QED) is 0.652. The first-order valence-electron chi connectivity index (χ1n) is 9.40. The molecule has 0 aromatic heterocycles. The zero-order chi connectivity index (χ0) is 19.5. The molecule has 3 aromatic carbocycles. The van der Waals surface area contributed by atoms with E-state index >= 15 is 0 Å². The van der Waals surface area contributed by atoms with Gasteiger partial charge in [0, 0.05) is 37.4 Å². The van der Waals surface area contributed by atoms with Crippen LogP contribution in [0.1, 0.15) is 15.9 Å². The summed E-state index contributed by atoms with van der Waals surface area (Å²) in [7, 11) is 0. The van der Waals surface area contributed by atoms with Crippen LogP contribution >= 0.6 is 0 Å². The molecule has 0 saturated carbocycles. The van der Waals surface area contributed by atoms with E-state index in [1.807, 2.05) is 35.2 Å². The number of nitrogens with zero attached hydrogens (tertiary/aromatic N) is 2. The minimum atomic E-state index is -0.245. The lowest BCUT2D eigenvalue weighted by atomic mass is 9.98. The summed E-state index contributed by atoms with van der Waals surface area (Å²) in [6.45, 7) is 2.73. The molecular formula is C23H21FN2O2. The van der Waals surface area contributed by atoms with Crippen LogP contribution in [0, 0.1) is 5.82 Å². The van der Waals surface area contributed by atoms with Crippen LogP contribution < -0.4 is 4.90 Å². The highest BCUT2D eigenvalue weighted by atomic mass is 19.1. The second-order valence-corrected chi connectivity index (χ2v) is 7.00. The van der Waals surface area contributed by atoms with Gasteiger partial charge in [-0.15, -0.1) is 0 Å². The lowest BCUT2D eigenvalue weighted by Crippen LogP contribution is -2.49. The Labute approximate surface area is 163 Å². The van der Waals surface area contributed by atoms with Gasteiger partial charge in [0.2, 0.25) is 5.91 Å².